The van der Waals surface area contributed by atoms with Crippen molar-refractivity contribution in [1.82, 2.24) is 4.72 Å². The largest absolute Gasteiger partial charge is 0.371 e. The molecule has 10 heteroatoms. The number of rotatable bonds is 6. The topological polar surface area (TPSA) is 92.6 Å². The predicted octanol–water partition coefficient (Wildman–Crippen LogP) is 2.99. The number of aryl methyl sites for hydroxylation is 1. The summed E-state index contributed by atoms with van der Waals surface area (Å²) < 4.78 is 53.9. The molecule has 0 aromatic heterocycles. The van der Waals surface area contributed by atoms with E-state index in [0.717, 1.165) is 12.1 Å². The van der Waals surface area contributed by atoms with Gasteiger partial charge in [-0.1, -0.05) is 0 Å². The van der Waals surface area contributed by atoms with Crippen molar-refractivity contribution in [2.24, 2.45) is 5.92 Å². The normalized spacial score (nSPS) is 17.1. The van der Waals surface area contributed by atoms with Gasteiger partial charge in [0.25, 0.3) is 5.69 Å². The van der Waals surface area contributed by atoms with Crippen LogP contribution in [0, 0.1) is 34.6 Å². The van der Waals surface area contributed by atoms with Crippen molar-refractivity contribution in [3.63, 3.8) is 0 Å². The van der Waals surface area contributed by atoms with Crippen LogP contribution < -0.4 is 9.62 Å². The number of hydrogen-bond acceptors (Lipinski definition) is 5. The van der Waals surface area contributed by atoms with Gasteiger partial charge in [-0.3, -0.25) is 10.1 Å². The number of anilines is 1. The molecule has 0 bridgehead atoms. The molecule has 1 atom stereocenters. The van der Waals surface area contributed by atoms with E-state index < -0.39 is 26.6 Å². The molecule has 1 N–H and O–H groups in total. The molecule has 150 valence electrons. The number of nitro benzene ring substituents is 1. The molecule has 7 nitrogen and oxygen atoms in total. The third-order valence-electron chi connectivity index (χ3n) is 4.79. The van der Waals surface area contributed by atoms with E-state index in [1.807, 2.05) is 4.90 Å². The zero-order valence-electron chi connectivity index (χ0n) is 15.1. The van der Waals surface area contributed by atoms with Crippen molar-refractivity contribution in [3.05, 3.63) is 63.7 Å². The smallest absolute Gasteiger partial charge is 0.272 e. The average Bonchev–Trinajstić information content (AvgIpc) is 3.11. The number of nitrogens with one attached hydrogen (secondary N) is 1. The van der Waals surface area contributed by atoms with Crippen molar-refractivity contribution >= 4 is 21.4 Å². The van der Waals surface area contributed by atoms with Gasteiger partial charge < -0.3 is 4.90 Å². The number of sulfonamides is 1. The van der Waals surface area contributed by atoms with Crippen molar-refractivity contribution in [2.45, 2.75) is 18.2 Å². The summed E-state index contributed by atoms with van der Waals surface area (Å²) in [5, 5.41) is 10.9. The number of halogens is 2. The molecular weight excluding hydrogens is 392 g/mol. The standard InChI is InChI=1S/C18H19F2N3O4S/c1-12-8-15(3-5-18(12)23(24)25)28(26,27)21-10-13-6-7-22(11-13)14-2-4-16(19)17(20)9-14/h2-5,8-9,13,21H,6-7,10-11H2,1H3. The summed E-state index contributed by atoms with van der Waals surface area (Å²) in [6.07, 6.45) is 0.695. The molecular formula is C18H19F2N3O4S. The van der Waals surface area contributed by atoms with Gasteiger partial charge in [-0.25, -0.2) is 21.9 Å². The van der Waals surface area contributed by atoms with E-state index in [4.69, 9.17) is 0 Å². The minimum atomic E-state index is -3.81. The fourth-order valence-corrected chi connectivity index (χ4v) is 4.43. The third-order valence-corrected chi connectivity index (χ3v) is 6.21. The maximum Gasteiger partial charge on any atom is 0.272 e. The Balaban J connectivity index is 1.63. The molecule has 0 amide bonds. The lowest BCUT2D eigenvalue weighted by molar-refractivity contribution is -0.385. The Morgan fingerprint density at radius 3 is 2.61 bits per heavy atom. The van der Waals surface area contributed by atoms with Crippen LogP contribution in [0.5, 0.6) is 0 Å². The fourth-order valence-electron chi connectivity index (χ4n) is 3.23. The first-order valence-electron chi connectivity index (χ1n) is 8.62. The summed E-state index contributed by atoms with van der Waals surface area (Å²) in [4.78, 5) is 12.1. The number of nitrogens with zero attached hydrogens (tertiary/aromatic N) is 2. The minimum Gasteiger partial charge on any atom is -0.371 e. The highest BCUT2D eigenvalue weighted by Crippen LogP contribution is 2.26. The Labute approximate surface area is 161 Å². The summed E-state index contributed by atoms with van der Waals surface area (Å²) in [6, 6.07) is 7.33. The van der Waals surface area contributed by atoms with Gasteiger partial charge in [-0.15, -0.1) is 0 Å². The summed E-state index contributed by atoms with van der Waals surface area (Å²) in [5.41, 5.74) is 0.672. The molecule has 0 aliphatic carbocycles. The highest BCUT2D eigenvalue weighted by Gasteiger charge is 2.26. The summed E-state index contributed by atoms with van der Waals surface area (Å²) in [5.74, 6) is -1.83. The molecule has 1 fully saturated rings. The van der Waals surface area contributed by atoms with Crippen LogP contribution >= 0.6 is 0 Å². The summed E-state index contributed by atoms with van der Waals surface area (Å²) in [7, 11) is -3.81. The molecule has 0 radical (unpaired) electrons. The molecule has 3 rings (SSSR count). The highest BCUT2D eigenvalue weighted by atomic mass is 32.2. The van der Waals surface area contributed by atoms with Gasteiger partial charge in [0.15, 0.2) is 11.6 Å². The maximum atomic E-state index is 13.4. The zero-order valence-corrected chi connectivity index (χ0v) is 15.9. The second-order valence-electron chi connectivity index (χ2n) is 6.76. The van der Waals surface area contributed by atoms with Crippen LogP contribution in [0.1, 0.15) is 12.0 Å². The van der Waals surface area contributed by atoms with Gasteiger partial charge in [-0.05, 0) is 43.5 Å². The van der Waals surface area contributed by atoms with Crippen LogP contribution in [0.15, 0.2) is 41.3 Å². The quantitative estimate of drug-likeness (QED) is 0.583. The van der Waals surface area contributed by atoms with Crippen molar-refractivity contribution in [1.29, 1.82) is 0 Å². The lowest BCUT2D eigenvalue weighted by Crippen LogP contribution is -2.31. The summed E-state index contributed by atoms with van der Waals surface area (Å²) >= 11 is 0. The Kier molecular flexibility index (Phi) is 5.61. The minimum absolute atomic E-state index is 0.00188. The van der Waals surface area contributed by atoms with Crippen molar-refractivity contribution in [3.8, 4) is 0 Å². The first kappa shape index (κ1) is 20.2. The first-order valence-corrected chi connectivity index (χ1v) is 10.1. The molecule has 1 aliphatic rings. The number of hydrogen-bond donors (Lipinski definition) is 1. The second-order valence-corrected chi connectivity index (χ2v) is 8.52. The molecule has 0 spiro atoms. The van der Waals surface area contributed by atoms with Gasteiger partial charge in [0.05, 0.1) is 9.82 Å². The van der Waals surface area contributed by atoms with Gasteiger partial charge in [0, 0.05) is 43.0 Å². The second kappa shape index (κ2) is 7.80. The van der Waals surface area contributed by atoms with Gasteiger partial charge in [0.1, 0.15) is 0 Å². The van der Waals surface area contributed by atoms with E-state index >= 15 is 0 Å². The highest BCUT2D eigenvalue weighted by molar-refractivity contribution is 7.89. The molecule has 2 aromatic rings. The van der Waals surface area contributed by atoms with E-state index in [1.54, 1.807) is 0 Å². The average molecular weight is 411 g/mol. The maximum absolute atomic E-state index is 13.4. The molecule has 1 saturated heterocycles. The van der Waals surface area contributed by atoms with E-state index in [1.165, 1.54) is 31.2 Å². The van der Waals surface area contributed by atoms with Crippen LogP contribution in [0.2, 0.25) is 0 Å². The molecule has 2 aromatic carbocycles. The van der Waals surface area contributed by atoms with E-state index in [0.29, 0.717) is 25.2 Å². The Morgan fingerprint density at radius 1 is 1.21 bits per heavy atom. The Morgan fingerprint density at radius 2 is 1.96 bits per heavy atom. The lowest BCUT2D eigenvalue weighted by atomic mass is 10.1. The molecule has 1 unspecified atom stereocenters. The predicted molar refractivity (Wildman–Crippen MR) is 99.7 cm³/mol. The molecule has 28 heavy (non-hydrogen) atoms. The molecule has 1 aliphatic heterocycles. The molecule has 1 heterocycles. The third kappa shape index (κ3) is 4.28. The van der Waals surface area contributed by atoms with E-state index in [-0.39, 0.29) is 28.6 Å². The van der Waals surface area contributed by atoms with Gasteiger partial charge in [0.2, 0.25) is 10.0 Å². The van der Waals surface area contributed by atoms with Crippen molar-refractivity contribution in [2.75, 3.05) is 24.5 Å². The van der Waals surface area contributed by atoms with Gasteiger partial charge in [-0.2, -0.15) is 0 Å². The van der Waals surface area contributed by atoms with Crippen molar-refractivity contribution < 1.29 is 22.1 Å². The fraction of sp³-hybridized carbons (Fsp3) is 0.333. The van der Waals surface area contributed by atoms with Crippen LogP contribution in [0.25, 0.3) is 0 Å². The van der Waals surface area contributed by atoms with Crippen LogP contribution in [0.3, 0.4) is 0 Å². The lowest BCUT2D eigenvalue weighted by Gasteiger charge is -2.19. The number of nitro groups is 1. The summed E-state index contributed by atoms with van der Waals surface area (Å²) in [6.45, 7) is 2.77. The van der Waals surface area contributed by atoms with Crippen LogP contribution in [-0.4, -0.2) is 33.0 Å². The van der Waals surface area contributed by atoms with Crippen LogP contribution in [0.4, 0.5) is 20.2 Å². The first-order chi connectivity index (χ1) is 13.2. The van der Waals surface area contributed by atoms with E-state index in [9.17, 15) is 27.3 Å². The monoisotopic (exact) mass is 411 g/mol. The van der Waals surface area contributed by atoms with Gasteiger partial charge >= 0.3 is 0 Å². The zero-order chi connectivity index (χ0) is 20.5. The Hall–Kier alpha value is -2.59. The number of benzene rings is 2. The van der Waals surface area contributed by atoms with Crippen LogP contribution in [-0.2, 0) is 10.0 Å². The van der Waals surface area contributed by atoms with E-state index in [2.05, 4.69) is 4.72 Å². The molecule has 0 saturated carbocycles. The Bertz CT molecular complexity index is 1010. The SMILES string of the molecule is Cc1cc(S(=O)(=O)NCC2CCN(c3ccc(F)c(F)c3)C2)ccc1[N+](=O)[O-].